The molecule has 3 aromatic carbocycles. The van der Waals surface area contributed by atoms with E-state index >= 15 is 0 Å². The van der Waals surface area contributed by atoms with Crippen molar-refractivity contribution in [1.29, 1.82) is 0 Å². The summed E-state index contributed by atoms with van der Waals surface area (Å²) in [6, 6.07) is 21.9. The fourth-order valence-electron chi connectivity index (χ4n) is 4.90. The quantitative estimate of drug-likeness (QED) is 0.507. The molecule has 26 heavy (non-hydrogen) atoms. The van der Waals surface area contributed by atoms with E-state index in [-0.39, 0.29) is 10.8 Å². The Morgan fingerprint density at radius 3 is 1.96 bits per heavy atom. The van der Waals surface area contributed by atoms with Gasteiger partial charge in [-0.2, -0.15) is 0 Å². The second-order valence-corrected chi connectivity index (χ2v) is 8.58. The van der Waals surface area contributed by atoms with Crippen LogP contribution in [0.5, 0.6) is 0 Å². The molecule has 0 radical (unpaired) electrons. The number of rotatable bonds is 0. The summed E-state index contributed by atoms with van der Waals surface area (Å²) in [6.45, 7) is 9.30. The smallest absolute Gasteiger partial charge is 0.0543 e. The van der Waals surface area contributed by atoms with Crippen molar-refractivity contribution in [2.75, 3.05) is 10.6 Å². The summed E-state index contributed by atoms with van der Waals surface area (Å²) in [5, 5.41) is 0. The zero-order chi connectivity index (χ0) is 18.3. The van der Waals surface area contributed by atoms with Gasteiger partial charge >= 0.3 is 0 Å². The highest BCUT2D eigenvalue weighted by Crippen LogP contribution is 2.59. The van der Waals surface area contributed by atoms with Crippen molar-refractivity contribution in [3.05, 3.63) is 82.9 Å². The topological polar surface area (TPSA) is 29.3 Å². The Kier molecular flexibility index (Phi) is 2.80. The lowest BCUT2D eigenvalue weighted by atomic mass is 9.66. The van der Waals surface area contributed by atoms with Crippen molar-refractivity contribution in [2.24, 2.45) is 0 Å². The standard InChI is InChI=1S/C24H24N2/c1-23(2)16-8-5-6-11-20(16)26-21-13-12-15(25)14-19(21)24(3,4)18-10-7-9-17(23)22(18)26/h5-14H,25H2,1-4H3. The molecule has 0 spiro atoms. The lowest BCUT2D eigenvalue weighted by molar-refractivity contribution is 0.597. The van der Waals surface area contributed by atoms with E-state index in [1.165, 1.54) is 39.3 Å². The molecule has 0 atom stereocenters. The molecule has 3 aromatic rings. The van der Waals surface area contributed by atoms with E-state index in [4.69, 9.17) is 5.73 Å². The first-order valence-corrected chi connectivity index (χ1v) is 9.27. The number of nitrogens with two attached hydrogens (primary N) is 1. The number of fused-ring (bicyclic) bond motifs is 4. The number of nitrogens with zero attached hydrogens (tertiary/aromatic N) is 1. The van der Waals surface area contributed by atoms with Gasteiger partial charge in [0.15, 0.2) is 0 Å². The molecule has 5 rings (SSSR count). The van der Waals surface area contributed by atoms with E-state index < -0.39 is 0 Å². The average Bonchev–Trinajstić information content (AvgIpc) is 2.62. The minimum Gasteiger partial charge on any atom is -0.399 e. The van der Waals surface area contributed by atoms with Gasteiger partial charge in [-0.25, -0.2) is 0 Å². The first kappa shape index (κ1) is 15.5. The monoisotopic (exact) mass is 340 g/mol. The molecule has 2 N–H and O–H groups in total. The van der Waals surface area contributed by atoms with Gasteiger partial charge in [0.05, 0.1) is 17.1 Å². The summed E-state index contributed by atoms with van der Waals surface area (Å²) in [6.07, 6.45) is 0. The molecular weight excluding hydrogens is 316 g/mol. The SMILES string of the molecule is CC1(C)c2ccccc2N2c3ccc(N)cc3C(C)(C)c3cccc1c32. The van der Waals surface area contributed by atoms with Crippen LogP contribution in [-0.2, 0) is 10.8 Å². The van der Waals surface area contributed by atoms with E-state index in [1.54, 1.807) is 0 Å². The normalized spacial score (nSPS) is 17.9. The molecule has 2 aliphatic rings. The third-order valence-corrected chi connectivity index (χ3v) is 6.36. The molecule has 0 fully saturated rings. The summed E-state index contributed by atoms with van der Waals surface area (Å²) in [7, 11) is 0. The maximum Gasteiger partial charge on any atom is 0.0543 e. The Bertz CT molecular complexity index is 1060. The fourth-order valence-corrected chi connectivity index (χ4v) is 4.90. The Morgan fingerprint density at radius 1 is 0.654 bits per heavy atom. The number of para-hydroxylation sites is 2. The number of benzene rings is 3. The van der Waals surface area contributed by atoms with Crippen LogP contribution in [0.3, 0.4) is 0 Å². The van der Waals surface area contributed by atoms with Gasteiger partial charge in [0.2, 0.25) is 0 Å². The lowest BCUT2D eigenvalue weighted by Crippen LogP contribution is -2.38. The number of hydrogen-bond acceptors (Lipinski definition) is 2. The maximum atomic E-state index is 6.17. The maximum absolute atomic E-state index is 6.17. The van der Waals surface area contributed by atoms with Crippen LogP contribution in [0.15, 0.2) is 60.7 Å². The molecule has 0 bridgehead atoms. The molecule has 2 aliphatic heterocycles. The van der Waals surface area contributed by atoms with Gasteiger partial charge in [-0.15, -0.1) is 0 Å². The van der Waals surface area contributed by atoms with Crippen LogP contribution >= 0.6 is 0 Å². The fraction of sp³-hybridized carbons (Fsp3) is 0.250. The van der Waals surface area contributed by atoms with Crippen LogP contribution < -0.4 is 10.6 Å². The molecule has 0 saturated heterocycles. The van der Waals surface area contributed by atoms with Crippen LogP contribution in [0.1, 0.15) is 49.9 Å². The number of nitrogen functional groups attached to an aromatic ring is 1. The molecule has 0 aromatic heterocycles. The van der Waals surface area contributed by atoms with E-state index in [0.29, 0.717) is 0 Å². The molecule has 2 nitrogen and oxygen atoms in total. The predicted octanol–water partition coefficient (Wildman–Crippen LogP) is 6.02. The first-order valence-electron chi connectivity index (χ1n) is 9.27. The van der Waals surface area contributed by atoms with Crippen molar-refractivity contribution in [3.63, 3.8) is 0 Å². The molecule has 0 amide bonds. The van der Waals surface area contributed by atoms with Gasteiger partial charge < -0.3 is 10.6 Å². The van der Waals surface area contributed by atoms with Crippen LogP contribution in [0, 0.1) is 0 Å². The summed E-state index contributed by atoms with van der Waals surface area (Å²) in [5.74, 6) is 0. The Labute approximate surface area is 155 Å². The van der Waals surface area contributed by atoms with Crippen molar-refractivity contribution in [1.82, 2.24) is 0 Å². The van der Waals surface area contributed by atoms with Gasteiger partial charge in [0, 0.05) is 16.5 Å². The van der Waals surface area contributed by atoms with Crippen molar-refractivity contribution in [2.45, 2.75) is 38.5 Å². The minimum atomic E-state index is -0.0884. The summed E-state index contributed by atoms with van der Waals surface area (Å²) in [4.78, 5) is 2.45. The molecule has 0 unspecified atom stereocenters. The summed E-state index contributed by atoms with van der Waals surface area (Å²) < 4.78 is 0. The Morgan fingerprint density at radius 2 is 1.23 bits per heavy atom. The lowest BCUT2D eigenvalue weighted by Gasteiger charge is -2.49. The second-order valence-electron chi connectivity index (χ2n) is 8.58. The highest BCUT2D eigenvalue weighted by molar-refractivity contribution is 5.93. The minimum absolute atomic E-state index is 0.0279. The van der Waals surface area contributed by atoms with Gasteiger partial charge in [-0.3, -0.25) is 0 Å². The van der Waals surface area contributed by atoms with Gasteiger partial charge in [-0.1, -0.05) is 64.1 Å². The van der Waals surface area contributed by atoms with Crippen LogP contribution in [-0.4, -0.2) is 0 Å². The molecule has 2 heterocycles. The van der Waals surface area contributed by atoms with E-state index in [2.05, 4.69) is 87.2 Å². The van der Waals surface area contributed by atoms with E-state index in [1.807, 2.05) is 6.07 Å². The Hall–Kier alpha value is -2.74. The second kappa shape index (κ2) is 4.70. The van der Waals surface area contributed by atoms with Gasteiger partial charge in [-0.05, 0) is 46.5 Å². The van der Waals surface area contributed by atoms with Crippen LogP contribution in [0.25, 0.3) is 0 Å². The zero-order valence-corrected chi connectivity index (χ0v) is 15.8. The van der Waals surface area contributed by atoms with Crippen molar-refractivity contribution >= 4 is 22.7 Å². The number of hydrogen-bond donors (Lipinski definition) is 1. The highest BCUT2D eigenvalue weighted by atomic mass is 15.2. The molecule has 0 aliphatic carbocycles. The molecule has 130 valence electrons. The van der Waals surface area contributed by atoms with Gasteiger partial charge in [0.1, 0.15) is 0 Å². The Balaban J connectivity index is 1.96. The third kappa shape index (κ3) is 1.72. The van der Waals surface area contributed by atoms with E-state index in [0.717, 1.165) is 5.69 Å². The van der Waals surface area contributed by atoms with Crippen molar-refractivity contribution < 1.29 is 0 Å². The average molecular weight is 340 g/mol. The van der Waals surface area contributed by atoms with Crippen molar-refractivity contribution in [3.8, 4) is 0 Å². The highest BCUT2D eigenvalue weighted by Gasteiger charge is 2.44. The summed E-state index contributed by atoms with van der Waals surface area (Å²) in [5.41, 5.74) is 16.2. The van der Waals surface area contributed by atoms with Crippen LogP contribution in [0.2, 0.25) is 0 Å². The third-order valence-electron chi connectivity index (χ3n) is 6.36. The van der Waals surface area contributed by atoms with Gasteiger partial charge in [0.25, 0.3) is 0 Å². The number of anilines is 4. The largest absolute Gasteiger partial charge is 0.399 e. The summed E-state index contributed by atoms with van der Waals surface area (Å²) >= 11 is 0. The molecule has 0 saturated carbocycles. The zero-order valence-electron chi connectivity index (χ0n) is 15.8. The first-order chi connectivity index (χ1) is 12.3. The van der Waals surface area contributed by atoms with E-state index in [9.17, 15) is 0 Å². The molecular formula is C24H24N2. The predicted molar refractivity (Wildman–Crippen MR) is 110 cm³/mol. The molecule has 2 heteroatoms. The van der Waals surface area contributed by atoms with Crippen LogP contribution in [0.4, 0.5) is 22.7 Å².